The topological polar surface area (TPSA) is 92.8 Å². The predicted molar refractivity (Wildman–Crippen MR) is 119 cm³/mol. The van der Waals surface area contributed by atoms with Crippen LogP contribution < -0.4 is 15.0 Å². The van der Waals surface area contributed by atoms with Gasteiger partial charge in [0.05, 0.1) is 33.8 Å². The SMILES string of the molecule is CCC1(C)C(=O)N(c2cccc(OC(F)F)c2)c2ccc(C(=O)NC3(C)CS(=O)(=O)C3)cc21. The normalized spacial score (nSPS) is 22.6. The lowest BCUT2D eigenvalue weighted by Crippen LogP contribution is -2.63. The smallest absolute Gasteiger partial charge is 0.387 e. The Morgan fingerprint density at radius 1 is 1.18 bits per heavy atom. The lowest BCUT2D eigenvalue weighted by molar-refractivity contribution is -0.122. The molecule has 1 saturated heterocycles. The summed E-state index contributed by atoms with van der Waals surface area (Å²) in [7, 11) is -3.13. The second kappa shape index (κ2) is 7.79. The summed E-state index contributed by atoms with van der Waals surface area (Å²) in [5, 5.41) is 2.78. The Bertz CT molecular complexity index is 1240. The van der Waals surface area contributed by atoms with Gasteiger partial charge in [0, 0.05) is 11.6 Å². The van der Waals surface area contributed by atoms with Crippen LogP contribution in [0.3, 0.4) is 0 Å². The summed E-state index contributed by atoms with van der Waals surface area (Å²) in [6, 6.07) is 10.7. The molecular formula is C23H24F2N2O5S. The van der Waals surface area contributed by atoms with E-state index < -0.39 is 33.3 Å². The molecule has 10 heteroatoms. The second-order valence-electron chi connectivity index (χ2n) is 8.98. The molecule has 0 saturated carbocycles. The molecule has 0 aromatic heterocycles. The summed E-state index contributed by atoms with van der Waals surface area (Å²) < 4.78 is 52.9. The Morgan fingerprint density at radius 2 is 1.88 bits per heavy atom. The number of benzene rings is 2. The van der Waals surface area contributed by atoms with E-state index in [9.17, 15) is 26.8 Å². The third-order valence-corrected chi connectivity index (χ3v) is 8.42. The van der Waals surface area contributed by atoms with E-state index in [-0.39, 0.29) is 23.2 Å². The molecule has 2 heterocycles. The molecule has 1 N–H and O–H groups in total. The molecular weight excluding hydrogens is 454 g/mol. The molecule has 2 aliphatic rings. The van der Waals surface area contributed by atoms with Crippen LogP contribution in [0.4, 0.5) is 20.2 Å². The summed E-state index contributed by atoms with van der Waals surface area (Å²) >= 11 is 0. The van der Waals surface area contributed by atoms with Gasteiger partial charge < -0.3 is 10.1 Å². The highest BCUT2D eigenvalue weighted by Gasteiger charge is 2.48. The van der Waals surface area contributed by atoms with E-state index in [1.165, 1.54) is 23.1 Å². The van der Waals surface area contributed by atoms with Gasteiger partial charge in [0.2, 0.25) is 5.91 Å². The number of alkyl halides is 2. The molecule has 176 valence electrons. The Labute approximate surface area is 190 Å². The maximum Gasteiger partial charge on any atom is 0.387 e. The van der Waals surface area contributed by atoms with Crippen molar-refractivity contribution in [2.75, 3.05) is 16.4 Å². The molecule has 2 aromatic rings. The minimum Gasteiger partial charge on any atom is -0.435 e. The highest BCUT2D eigenvalue weighted by atomic mass is 32.2. The molecule has 4 rings (SSSR count). The number of nitrogens with zero attached hydrogens (tertiary/aromatic N) is 1. The summed E-state index contributed by atoms with van der Waals surface area (Å²) in [6.45, 7) is 2.31. The fourth-order valence-electron chi connectivity index (χ4n) is 4.53. The number of carbonyl (C=O) groups excluding carboxylic acids is 2. The molecule has 0 aliphatic carbocycles. The van der Waals surface area contributed by atoms with Crippen LogP contribution in [0.25, 0.3) is 0 Å². The largest absolute Gasteiger partial charge is 0.435 e. The van der Waals surface area contributed by atoms with Crippen molar-refractivity contribution in [3.05, 3.63) is 53.6 Å². The van der Waals surface area contributed by atoms with E-state index in [0.29, 0.717) is 28.9 Å². The Kier molecular flexibility index (Phi) is 5.47. The summed E-state index contributed by atoms with van der Waals surface area (Å²) in [5.41, 5.74) is 0.108. The monoisotopic (exact) mass is 478 g/mol. The highest BCUT2D eigenvalue weighted by Crippen LogP contribution is 2.48. The Morgan fingerprint density at radius 3 is 2.48 bits per heavy atom. The fraction of sp³-hybridized carbons (Fsp3) is 0.391. The quantitative estimate of drug-likeness (QED) is 0.686. The first-order chi connectivity index (χ1) is 15.4. The third kappa shape index (κ3) is 4.07. The number of carbonyl (C=O) groups is 2. The van der Waals surface area contributed by atoms with E-state index in [1.54, 1.807) is 38.1 Å². The number of anilines is 2. The minimum absolute atomic E-state index is 0.0679. The van der Waals surface area contributed by atoms with E-state index in [4.69, 9.17) is 0 Å². The average molecular weight is 479 g/mol. The molecule has 0 radical (unpaired) electrons. The van der Waals surface area contributed by atoms with Gasteiger partial charge in [-0.1, -0.05) is 13.0 Å². The Hall–Kier alpha value is -3.01. The number of amides is 2. The predicted octanol–water partition coefficient (Wildman–Crippen LogP) is 3.55. The first-order valence-electron chi connectivity index (χ1n) is 10.4. The van der Waals surface area contributed by atoms with Gasteiger partial charge in [-0.2, -0.15) is 8.78 Å². The van der Waals surface area contributed by atoms with Crippen LogP contribution in [-0.2, 0) is 20.0 Å². The number of hydrogen-bond donors (Lipinski definition) is 1. The van der Waals surface area contributed by atoms with Crippen LogP contribution in [0.15, 0.2) is 42.5 Å². The van der Waals surface area contributed by atoms with Gasteiger partial charge in [0.15, 0.2) is 9.84 Å². The highest BCUT2D eigenvalue weighted by molar-refractivity contribution is 7.93. The number of hydrogen-bond acceptors (Lipinski definition) is 5. The molecule has 2 aliphatic heterocycles. The second-order valence-corrected chi connectivity index (χ2v) is 11.0. The zero-order chi connectivity index (χ0) is 24.2. The van der Waals surface area contributed by atoms with Gasteiger partial charge in [-0.15, -0.1) is 0 Å². The van der Waals surface area contributed by atoms with Crippen LogP contribution in [0, 0.1) is 0 Å². The number of sulfone groups is 1. The molecule has 7 nitrogen and oxygen atoms in total. The lowest BCUT2D eigenvalue weighted by Gasteiger charge is -2.38. The maximum absolute atomic E-state index is 13.5. The Balaban J connectivity index is 1.69. The zero-order valence-electron chi connectivity index (χ0n) is 18.4. The standard InChI is InChI=1S/C23H24F2N2O5S/c1-4-23(3)17-10-14(19(28)26-22(2)12-33(30,31)13-22)8-9-18(17)27(20(23)29)15-6-5-7-16(11-15)32-21(24)25/h5-11,21H,4,12-13H2,1-3H3,(H,26,28). The van der Waals surface area contributed by atoms with Crippen LogP contribution in [0.5, 0.6) is 5.75 Å². The van der Waals surface area contributed by atoms with Crippen molar-refractivity contribution in [3.8, 4) is 5.75 Å². The van der Waals surface area contributed by atoms with Crippen molar-refractivity contribution in [2.24, 2.45) is 0 Å². The number of nitrogens with one attached hydrogen (secondary N) is 1. The number of ether oxygens (including phenoxy) is 1. The summed E-state index contributed by atoms with van der Waals surface area (Å²) in [5.74, 6) is -0.975. The van der Waals surface area contributed by atoms with Crippen LogP contribution in [0.1, 0.15) is 43.1 Å². The molecule has 2 aromatic carbocycles. The van der Waals surface area contributed by atoms with E-state index in [0.717, 1.165) is 0 Å². The van der Waals surface area contributed by atoms with Gasteiger partial charge in [-0.3, -0.25) is 14.5 Å². The molecule has 1 atom stereocenters. The number of fused-ring (bicyclic) bond motifs is 1. The van der Waals surface area contributed by atoms with Crippen LogP contribution in [0.2, 0.25) is 0 Å². The third-order valence-electron chi connectivity index (χ3n) is 6.27. The molecule has 33 heavy (non-hydrogen) atoms. The van der Waals surface area contributed by atoms with Gasteiger partial charge >= 0.3 is 6.61 Å². The van der Waals surface area contributed by atoms with Crippen LogP contribution >= 0.6 is 0 Å². The van der Waals surface area contributed by atoms with E-state index in [2.05, 4.69) is 10.1 Å². The van der Waals surface area contributed by atoms with Crippen molar-refractivity contribution >= 4 is 33.0 Å². The first kappa shape index (κ1) is 23.2. The van der Waals surface area contributed by atoms with Crippen LogP contribution in [-0.4, -0.2) is 43.9 Å². The van der Waals surface area contributed by atoms with Gasteiger partial charge in [0.1, 0.15) is 5.75 Å². The minimum atomic E-state index is -3.13. The summed E-state index contributed by atoms with van der Waals surface area (Å²) in [4.78, 5) is 27.8. The van der Waals surface area contributed by atoms with Gasteiger partial charge in [-0.05, 0) is 56.2 Å². The van der Waals surface area contributed by atoms with Gasteiger partial charge in [-0.25, -0.2) is 8.42 Å². The molecule has 0 bridgehead atoms. The fourth-order valence-corrected chi connectivity index (χ4v) is 6.53. The van der Waals surface area contributed by atoms with Crippen molar-refractivity contribution in [1.82, 2.24) is 5.32 Å². The molecule has 1 unspecified atom stereocenters. The van der Waals surface area contributed by atoms with Crippen molar-refractivity contribution in [3.63, 3.8) is 0 Å². The van der Waals surface area contributed by atoms with Crippen molar-refractivity contribution in [2.45, 2.75) is 44.8 Å². The lowest BCUT2D eigenvalue weighted by atomic mass is 9.80. The van der Waals surface area contributed by atoms with E-state index in [1.807, 2.05) is 6.92 Å². The van der Waals surface area contributed by atoms with E-state index >= 15 is 0 Å². The first-order valence-corrected chi connectivity index (χ1v) is 12.3. The average Bonchev–Trinajstić information content (AvgIpc) is 2.93. The van der Waals surface area contributed by atoms with Gasteiger partial charge in [0.25, 0.3) is 5.91 Å². The number of rotatable bonds is 6. The molecule has 1 fully saturated rings. The molecule has 0 spiro atoms. The zero-order valence-corrected chi connectivity index (χ0v) is 19.2. The maximum atomic E-state index is 13.5. The van der Waals surface area contributed by atoms with Crippen molar-refractivity contribution in [1.29, 1.82) is 0 Å². The number of halogens is 2. The van der Waals surface area contributed by atoms with Crippen molar-refractivity contribution < 1.29 is 31.5 Å². The summed E-state index contributed by atoms with van der Waals surface area (Å²) in [6.07, 6.45) is 0.448. The molecule has 2 amide bonds.